The monoisotopic (exact) mass is 494 g/mol. The molecule has 0 aromatic heterocycles. The van der Waals surface area contributed by atoms with Crippen LogP contribution in [0.1, 0.15) is 0 Å². The summed E-state index contributed by atoms with van der Waals surface area (Å²) in [5.74, 6) is 2.19. The van der Waals surface area contributed by atoms with Gasteiger partial charge in [0.15, 0.2) is 7.14 Å². The van der Waals surface area contributed by atoms with Crippen LogP contribution >= 0.6 is 7.14 Å². The molecule has 0 N–H and O–H groups in total. The van der Waals surface area contributed by atoms with Gasteiger partial charge in [-0.15, -0.1) is 0 Å². The van der Waals surface area contributed by atoms with E-state index in [2.05, 4.69) is 0 Å². The molecular formula is C27H27O7P. The smallest absolute Gasteiger partial charge is 0.171 e. The van der Waals surface area contributed by atoms with E-state index in [1.165, 1.54) is 0 Å². The van der Waals surface area contributed by atoms with Crippen molar-refractivity contribution in [2.45, 2.75) is 18.3 Å². The van der Waals surface area contributed by atoms with E-state index in [9.17, 15) is 4.57 Å². The molecule has 0 aliphatic carbocycles. The number of benzene rings is 3. The first-order valence-electron chi connectivity index (χ1n) is 11.8. The molecule has 3 unspecified atom stereocenters. The molecule has 35 heavy (non-hydrogen) atoms. The number of ether oxygens (including phenoxy) is 6. The van der Waals surface area contributed by atoms with Gasteiger partial charge in [-0.1, -0.05) is 0 Å². The number of rotatable bonds is 12. The van der Waals surface area contributed by atoms with Crippen LogP contribution in [-0.2, 0) is 18.8 Å². The Bertz CT molecular complexity index is 1030. The van der Waals surface area contributed by atoms with E-state index in [-0.39, 0.29) is 18.3 Å². The summed E-state index contributed by atoms with van der Waals surface area (Å²) in [5.41, 5.74) is 0. The molecule has 3 aliphatic heterocycles. The molecule has 3 fully saturated rings. The SMILES string of the molecule is O=P(c1ccc(OCC2CO2)cc1)(c1ccc(OCC2CO2)cc1)c1ccc(OCC2CO2)cc1. The van der Waals surface area contributed by atoms with Crippen LogP contribution < -0.4 is 30.1 Å². The van der Waals surface area contributed by atoms with Gasteiger partial charge in [0.2, 0.25) is 0 Å². The lowest BCUT2D eigenvalue weighted by Crippen LogP contribution is -2.25. The van der Waals surface area contributed by atoms with Crippen molar-refractivity contribution in [3.8, 4) is 17.2 Å². The molecule has 0 spiro atoms. The molecule has 3 atom stereocenters. The lowest BCUT2D eigenvalue weighted by Gasteiger charge is -2.21. The van der Waals surface area contributed by atoms with E-state index in [1.807, 2.05) is 72.8 Å². The minimum absolute atomic E-state index is 0.181. The lowest BCUT2D eigenvalue weighted by atomic mass is 10.3. The molecule has 3 saturated heterocycles. The first kappa shape index (κ1) is 22.6. The van der Waals surface area contributed by atoms with Crippen molar-refractivity contribution >= 4 is 23.1 Å². The van der Waals surface area contributed by atoms with Gasteiger partial charge in [-0.05, 0) is 72.8 Å². The zero-order valence-corrected chi connectivity index (χ0v) is 20.1. The Morgan fingerprint density at radius 2 is 0.800 bits per heavy atom. The van der Waals surface area contributed by atoms with Crippen molar-refractivity contribution in [3.05, 3.63) is 72.8 Å². The highest BCUT2D eigenvalue weighted by Crippen LogP contribution is 2.43. The third kappa shape index (κ3) is 5.54. The van der Waals surface area contributed by atoms with Gasteiger partial charge in [0.25, 0.3) is 0 Å². The quantitative estimate of drug-likeness (QED) is 0.283. The summed E-state index contributed by atoms with van der Waals surface area (Å²) < 4.78 is 47.7. The van der Waals surface area contributed by atoms with Crippen molar-refractivity contribution in [1.82, 2.24) is 0 Å². The fraction of sp³-hybridized carbons (Fsp3) is 0.333. The zero-order valence-electron chi connectivity index (χ0n) is 19.2. The maximum absolute atomic E-state index is 14.8. The highest BCUT2D eigenvalue weighted by atomic mass is 31.2. The molecule has 3 aromatic carbocycles. The molecule has 8 heteroatoms. The van der Waals surface area contributed by atoms with Gasteiger partial charge in [0.05, 0.1) is 19.8 Å². The van der Waals surface area contributed by atoms with Crippen LogP contribution in [0, 0.1) is 0 Å². The summed E-state index contributed by atoms with van der Waals surface area (Å²) in [6.45, 7) is 3.81. The molecule has 3 aliphatic rings. The first-order chi connectivity index (χ1) is 17.2. The second-order valence-corrected chi connectivity index (χ2v) is 11.7. The zero-order chi connectivity index (χ0) is 23.7. The van der Waals surface area contributed by atoms with Crippen LogP contribution in [0.15, 0.2) is 72.8 Å². The van der Waals surface area contributed by atoms with Crippen LogP contribution in [0.3, 0.4) is 0 Å². The average Bonchev–Trinajstić information content (AvgIpc) is 3.76. The molecule has 0 bridgehead atoms. The number of hydrogen-bond acceptors (Lipinski definition) is 7. The van der Waals surface area contributed by atoms with E-state index in [0.717, 1.165) is 53.0 Å². The summed E-state index contributed by atoms with van der Waals surface area (Å²) >= 11 is 0. The average molecular weight is 494 g/mol. The van der Waals surface area contributed by atoms with Crippen molar-refractivity contribution in [3.63, 3.8) is 0 Å². The Balaban J connectivity index is 1.27. The van der Waals surface area contributed by atoms with Crippen LogP contribution in [0.25, 0.3) is 0 Å². The van der Waals surface area contributed by atoms with Gasteiger partial charge < -0.3 is 33.0 Å². The molecule has 7 nitrogen and oxygen atoms in total. The highest BCUT2D eigenvalue weighted by Gasteiger charge is 2.31. The molecule has 0 saturated carbocycles. The third-order valence-electron chi connectivity index (χ3n) is 6.12. The Kier molecular flexibility index (Phi) is 6.25. The van der Waals surface area contributed by atoms with Crippen molar-refractivity contribution in [2.24, 2.45) is 0 Å². The predicted molar refractivity (Wildman–Crippen MR) is 132 cm³/mol. The minimum Gasteiger partial charge on any atom is -0.491 e. The molecule has 0 amide bonds. The van der Waals surface area contributed by atoms with Gasteiger partial charge in [0, 0.05) is 15.9 Å². The van der Waals surface area contributed by atoms with E-state index in [4.69, 9.17) is 28.4 Å². The number of epoxide rings is 3. The van der Waals surface area contributed by atoms with E-state index < -0.39 is 7.14 Å². The van der Waals surface area contributed by atoms with Crippen LogP contribution in [0.5, 0.6) is 17.2 Å². The Hall–Kier alpha value is -2.83. The number of hydrogen-bond donors (Lipinski definition) is 0. The second kappa shape index (κ2) is 9.67. The lowest BCUT2D eigenvalue weighted by molar-refractivity contribution is 0.263. The highest BCUT2D eigenvalue weighted by molar-refractivity contribution is 7.85. The Labute approximate surface area is 204 Å². The fourth-order valence-electron chi connectivity index (χ4n) is 3.76. The van der Waals surface area contributed by atoms with Gasteiger partial charge in [-0.2, -0.15) is 0 Å². The summed E-state index contributed by atoms with van der Waals surface area (Å²) in [6, 6.07) is 22.5. The fourth-order valence-corrected chi connectivity index (χ4v) is 6.37. The normalized spacial score (nSPS) is 23.7. The van der Waals surface area contributed by atoms with Crippen molar-refractivity contribution in [1.29, 1.82) is 0 Å². The largest absolute Gasteiger partial charge is 0.491 e. The van der Waals surface area contributed by atoms with Gasteiger partial charge >= 0.3 is 0 Å². The summed E-state index contributed by atoms with van der Waals surface area (Å²) in [5, 5.41) is 2.19. The predicted octanol–water partition coefficient (Wildman–Crippen LogP) is 2.66. The van der Waals surface area contributed by atoms with Crippen LogP contribution in [0.4, 0.5) is 0 Å². The summed E-state index contributed by atoms with van der Waals surface area (Å²) in [7, 11) is -3.15. The molecule has 182 valence electrons. The van der Waals surface area contributed by atoms with Gasteiger partial charge in [-0.25, -0.2) is 0 Å². The van der Waals surface area contributed by atoms with E-state index >= 15 is 0 Å². The van der Waals surface area contributed by atoms with Crippen LogP contribution in [0.2, 0.25) is 0 Å². The molecule has 0 radical (unpaired) electrons. The molecule has 6 rings (SSSR count). The molecular weight excluding hydrogens is 467 g/mol. The standard InChI is InChI=1S/C27H27O7P/c28-35(25-7-1-19(2-8-25)29-13-22-16-32-22,26-9-3-20(4-10-26)30-14-23-17-33-23)27-11-5-21(6-12-27)31-15-24-18-34-24/h1-12,22-24H,13-18H2. The maximum Gasteiger partial charge on any atom is 0.171 e. The van der Waals surface area contributed by atoms with Crippen LogP contribution in [-0.4, -0.2) is 58.0 Å². The first-order valence-corrected chi connectivity index (χ1v) is 13.5. The second-order valence-electron chi connectivity index (χ2n) is 8.89. The molecule has 3 aromatic rings. The third-order valence-corrected chi connectivity index (χ3v) is 9.19. The van der Waals surface area contributed by atoms with Crippen molar-refractivity contribution in [2.75, 3.05) is 39.6 Å². The topological polar surface area (TPSA) is 82.4 Å². The van der Waals surface area contributed by atoms with E-state index in [0.29, 0.717) is 19.8 Å². The van der Waals surface area contributed by atoms with Crippen molar-refractivity contribution < 1.29 is 33.0 Å². The van der Waals surface area contributed by atoms with E-state index in [1.54, 1.807) is 0 Å². The van der Waals surface area contributed by atoms with Gasteiger partial charge in [0.1, 0.15) is 55.4 Å². The summed E-state index contributed by atoms with van der Waals surface area (Å²) in [4.78, 5) is 0. The molecule has 3 heterocycles. The Morgan fingerprint density at radius 1 is 0.543 bits per heavy atom. The Morgan fingerprint density at radius 3 is 1.03 bits per heavy atom. The maximum atomic E-state index is 14.8. The van der Waals surface area contributed by atoms with Gasteiger partial charge in [-0.3, -0.25) is 0 Å². The minimum atomic E-state index is -3.15. The summed E-state index contributed by atoms with van der Waals surface area (Å²) in [6.07, 6.45) is 0.542.